The van der Waals surface area contributed by atoms with E-state index in [4.69, 9.17) is 0 Å². The van der Waals surface area contributed by atoms with Gasteiger partial charge < -0.3 is 10.4 Å². The van der Waals surface area contributed by atoms with E-state index in [2.05, 4.69) is 5.32 Å². The zero-order valence-electron chi connectivity index (χ0n) is 13.7. The van der Waals surface area contributed by atoms with Gasteiger partial charge in [-0.25, -0.2) is 4.39 Å². The van der Waals surface area contributed by atoms with Crippen molar-refractivity contribution in [2.45, 2.75) is 17.1 Å². The summed E-state index contributed by atoms with van der Waals surface area (Å²) in [5, 5.41) is 12.8. The third kappa shape index (κ3) is 5.00. The van der Waals surface area contributed by atoms with Gasteiger partial charge >= 0.3 is 0 Å². The van der Waals surface area contributed by atoms with Gasteiger partial charge in [0.2, 0.25) is 0 Å². The highest BCUT2D eigenvalue weighted by molar-refractivity contribution is 8.16. The van der Waals surface area contributed by atoms with Gasteiger partial charge in [-0.3, -0.25) is 4.79 Å². The van der Waals surface area contributed by atoms with Crippen LogP contribution in [0.25, 0.3) is 0 Å². The molecule has 2 N–H and O–H groups in total. The average Bonchev–Trinajstić information content (AvgIpc) is 2.67. The molecular formula is C19H20FNO2S2. The number of hydrogen-bond acceptors (Lipinski definition) is 4. The van der Waals surface area contributed by atoms with Crippen molar-refractivity contribution < 1.29 is 14.3 Å². The number of aliphatic hydroxyl groups is 1. The maximum absolute atomic E-state index is 12.9. The second kappa shape index (κ2) is 8.74. The minimum absolute atomic E-state index is 0.0839. The van der Waals surface area contributed by atoms with Crippen molar-refractivity contribution >= 4 is 29.4 Å². The number of thioether (sulfide) groups is 2. The number of carbonyl (C=O) groups excluding carboxylic acids is 1. The molecule has 2 aromatic carbocycles. The first kappa shape index (κ1) is 18.3. The van der Waals surface area contributed by atoms with Gasteiger partial charge in [-0.15, -0.1) is 23.5 Å². The lowest BCUT2D eigenvalue weighted by atomic mass is 10.1. The Morgan fingerprint density at radius 2 is 1.76 bits per heavy atom. The van der Waals surface area contributed by atoms with E-state index in [9.17, 15) is 14.3 Å². The van der Waals surface area contributed by atoms with E-state index >= 15 is 0 Å². The van der Waals surface area contributed by atoms with Crippen LogP contribution in [0, 0.1) is 5.82 Å². The minimum atomic E-state index is -0.862. The maximum atomic E-state index is 12.9. The number of hydrogen-bond donors (Lipinski definition) is 2. The summed E-state index contributed by atoms with van der Waals surface area (Å²) in [7, 11) is 0. The Balaban J connectivity index is 1.54. The van der Waals surface area contributed by atoms with Crippen molar-refractivity contribution in [1.29, 1.82) is 0 Å². The standard InChI is InChI=1S/C19H20FNO2S2/c20-16-8-6-13(7-9-16)17(22)12-21-18(23)14-2-4-15(5-3-14)19-24-10-1-11-25-19/h2-9,17,19,22H,1,10-12H2,(H,21,23). The quantitative estimate of drug-likeness (QED) is 0.822. The van der Waals surface area contributed by atoms with Crippen molar-refractivity contribution in [2.75, 3.05) is 18.1 Å². The highest BCUT2D eigenvalue weighted by atomic mass is 32.2. The highest BCUT2D eigenvalue weighted by Gasteiger charge is 2.17. The third-order valence-electron chi connectivity index (χ3n) is 3.98. The number of nitrogens with one attached hydrogen (secondary N) is 1. The predicted molar refractivity (Wildman–Crippen MR) is 102 cm³/mol. The molecule has 25 heavy (non-hydrogen) atoms. The lowest BCUT2D eigenvalue weighted by Crippen LogP contribution is -2.28. The van der Waals surface area contributed by atoms with Crippen LogP contribution in [0.1, 0.15) is 38.6 Å². The number of aliphatic hydroxyl groups excluding tert-OH is 1. The summed E-state index contributed by atoms with van der Waals surface area (Å²) in [5.74, 6) is 1.79. The minimum Gasteiger partial charge on any atom is -0.387 e. The van der Waals surface area contributed by atoms with Gasteiger partial charge in [0.25, 0.3) is 5.91 Å². The molecule has 3 rings (SSSR count). The fourth-order valence-corrected chi connectivity index (χ4v) is 5.46. The Hall–Kier alpha value is -1.50. The molecule has 1 heterocycles. The second-order valence-corrected chi connectivity index (χ2v) is 8.55. The Morgan fingerprint density at radius 1 is 1.12 bits per heavy atom. The molecule has 6 heteroatoms. The van der Waals surface area contributed by atoms with Crippen LogP contribution in [0.4, 0.5) is 4.39 Å². The molecule has 1 fully saturated rings. The van der Waals surface area contributed by atoms with Gasteiger partial charge in [0.05, 0.1) is 10.7 Å². The van der Waals surface area contributed by atoms with Gasteiger partial charge in [0.1, 0.15) is 5.82 Å². The molecule has 3 nitrogen and oxygen atoms in total. The first-order valence-electron chi connectivity index (χ1n) is 8.18. The van der Waals surface area contributed by atoms with Crippen LogP contribution in [-0.2, 0) is 0 Å². The Bertz CT molecular complexity index is 700. The molecule has 0 bridgehead atoms. The monoisotopic (exact) mass is 377 g/mol. The molecule has 1 amide bonds. The predicted octanol–water partition coefficient (Wildman–Crippen LogP) is 4.16. The van der Waals surface area contributed by atoms with Crippen molar-refractivity contribution in [3.63, 3.8) is 0 Å². The Labute approximate surface area is 155 Å². The van der Waals surface area contributed by atoms with Crippen molar-refractivity contribution in [3.8, 4) is 0 Å². The van der Waals surface area contributed by atoms with Crippen LogP contribution in [0.5, 0.6) is 0 Å². The normalized spacial score (nSPS) is 16.4. The van der Waals surface area contributed by atoms with E-state index in [0.29, 0.717) is 15.7 Å². The van der Waals surface area contributed by atoms with Gasteiger partial charge in [0, 0.05) is 12.1 Å². The van der Waals surface area contributed by atoms with Crippen LogP contribution in [0.3, 0.4) is 0 Å². The third-order valence-corrected chi connectivity index (χ3v) is 7.00. The van der Waals surface area contributed by atoms with E-state index in [1.807, 2.05) is 47.8 Å². The number of benzene rings is 2. The van der Waals surface area contributed by atoms with E-state index in [-0.39, 0.29) is 18.3 Å². The van der Waals surface area contributed by atoms with Gasteiger partial charge in [-0.1, -0.05) is 24.3 Å². The SMILES string of the molecule is O=C(NCC(O)c1ccc(F)cc1)c1ccc(C2SCCCS2)cc1. The zero-order chi connectivity index (χ0) is 17.6. The number of rotatable bonds is 5. The molecule has 0 aliphatic carbocycles. The molecule has 0 spiro atoms. The van der Waals surface area contributed by atoms with Crippen LogP contribution in [0.2, 0.25) is 0 Å². The smallest absolute Gasteiger partial charge is 0.251 e. The first-order chi connectivity index (χ1) is 12.1. The fourth-order valence-electron chi connectivity index (χ4n) is 2.57. The van der Waals surface area contributed by atoms with E-state index < -0.39 is 6.10 Å². The summed E-state index contributed by atoms with van der Waals surface area (Å²) in [6.07, 6.45) is 0.391. The highest BCUT2D eigenvalue weighted by Crippen LogP contribution is 2.43. The lowest BCUT2D eigenvalue weighted by Gasteiger charge is -2.21. The van der Waals surface area contributed by atoms with Gasteiger partial charge in [-0.2, -0.15) is 0 Å². The molecule has 2 aromatic rings. The summed E-state index contributed by atoms with van der Waals surface area (Å²) < 4.78 is 13.3. The summed E-state index contributed by atoms with van der Waals surface area (Å²) in [6.45, 7) is 0.0839. The fraction of sp³-hybridized carbons (Fsp3) is 0.316. The molecule has 1 aliphatic rings. The summed E-state index contributed by atoms with van der Waals surface area (Å²) >= 11 is 3.89. The van der Waals surface area contributed by atoms with Crippen LogP contribution in [-0.4, -0.2) is 29.1 Å². The Morgan fingerprint density at radius 3 is 2.40 bits per heavy atom. The number of amides is 1. The molecule has 1 unspecified atom stereocenters. The molecular weight excluding hydrogens is 357 g/mol. The van der Waals surface area contributed by atoms with Crippen LogP contribution in [0.15, 0.2) is 48.5 Å². The summed E-state index contributed by atoms with van der Waals surface area (Å²) in [4.78, 5) is 12.2. The molecule has 1 saturated heterocycles. The molecule has 0 radical (unpaired) electrons. The van der Waals surface area contributed by atoms with E-state index in [0.717, 1.165) is 0 Å². The van der Waals surface area contributed by atoms with Crippen molar-refractivity contribution in [1.82, 2.24) is 5.32 Å². The maximum Gasteiger partial charge on any atom is 0.251 e. The first-order valence-corrected chi connectivity index (χ1v) is 10.3. The van der Waals surface area contributed by atoms with Crippen LogP contribution >= 0.6 is 23.5 Å². The Kier molecular flexibility index (Phi) is 6.39. The zero-order valence-corrected chi connectivity index (χ0v) is 15.3. The van der Waals surface area contributed by atoms with E-state index in [1.165, 1.54) is 47.8 Å². The lowest BCUT2D eigenvalue weighted by molar-refractivity contribution is 0.0916. The number of carbonyl (C=O) groups is 1. The number of halogens is 1. The molecule has 1 atom stereocenters. The largest absolute Gasteiger partial charge is 0.387 e. The molecule has 1 aliphatic heterocycles. The van der Waals surface area contributed by atoms with Gasteiger partial charge in [0.15, 0.2) is 0 Å². The molecule has 132 valence electrons. The molecule has 0 saturated carbocycles. The molecule has 0 aromatic heterocycles. The van der Waals surface area contributed by atoms with Crippen molar-refractivity contribution in [3.05, 3.63) is 71.0 Å². The van der Waals surface area contributed by atoms with Gasteiger partial charge in [-0.05, 0) is 53.3 Å². The summed E-state index contributed by atoms with van der Waals surface area (Å²) in [6, 6.07) is 13.3. The van der Waals surface area contributed by atoms with Crippen molar-refractivity contribution in [2.24, 2.45) is 0 Å². The summed E-state index contributed by atoms with van der Waals surface area (Å²) in [5.41, 5.74) is 2.38. The second-order valence-electron chi connectivity index (χ2n) is 5.83. The topological polar surface area (TPSA) is 49.3 Å². The van der Waals surface area contributed by atoms with E-state index in [1.54, 1.807) is 0 Å². The van der Waals surface area contributed by atoms with Crippen LogP contribution < -0.4 is 5.32 Å². The average molecular weight is 378 g/mol.